The van der Waals surface area contributed by atoms with Crippen molar-refractivity contribution in [3.63, 3.8) is 0 Å². The molecule has 1 aromatic heterocycles. The third kappa shape index (κ3) is 6.80. The number of hydroxylamine groups is 1. The van der Waals surface area contributed by atoms with Crippen molar-refractivity contribution in [3.05, 3.63) is 72.6 Å². The molecule has 1 atom stereocenters. The summed E-state index contributed by atoms with van der Waals surface area (Å²) in [5, 5.41) is 7.68. The molecule has 2 N–H and O–H groups in total. The maximum atomic E-state index is 14.7. The van der Waals surface area contributed by atoms with Crippen molar-refractivity contribution in [3.8, 4) is 5.75 Å². The molecule has 4 heterocycles. The fourth-order valence-electron chi connectivity index (χ4n) is 7.22. The summed E-state index contributed by atoms with van der Waals surface area (Å²) in [7, 11) is 1.59. The van der Waals surface area contributed by atoms with Gasteiger partial charge in [-0.1, -0.05) is 12.6 Å². The second kappa shape index (κ2) is 14.0. The first-order valence-corrected chi connectivity index (χ1v) is 16.8. The molecule has 254 valence electrons. The van der Waals surface area contributed by atoms with Crippen LogP contribution in [0.3, 0.4) is 0 Å². The van der Waals surface area contributed by atoms with Crippen LogP contribution in [-0.2, 0) is 9.63 Å². The molecule has 13 heteroatoms. The van der Waals surface area contributed by atoms with Gasteiger partial charge in [-0.3, -0.25) is 19.4 Å². The quantitative estimate of drug-likeness (QED) is 0.280. The van der Waals surface area contributed by atoms with Gasteiger partial charge in [0.2, 0.25) is 5.91 Å². The smallest absolute Gasteiger partial charge is 0.247 e. The van der Waals surface area contributed by atoms with Gasteiger partial charge >= 0.3 is 0 Å². The molecule has 0 radical (unpaired) electrons. The fraction of sp³-hybridized carbons (Fsp3) is 0.457. The molecule has 0 unspecified atom stereocenters. The van der Waals surface area contributed by atoms with Crippen LogP contribution < -0.4 is 25.3 Å². The van der Waals surface area contributed by atoms with Crippen LogP contribution in [0.2, 0.25) is 0 Å². The molecule has 48 heavy (non-hydrogen) atoms. The standard InChI is InChI=1S/C35H42F2N8O3/c1-3-34(46)41-27-19-28(40-32-21-33(39-22-38-32)45-29(11-18-48-45)35-25(36)5-4-6-26(35)37)31(47-2)20-30(27)44-12-9-24(10-13-44)43-16-14-42(15-17-43)23-7-8-23/h3-6,19-24,29H,1,7-18H2,2H3,(H,41,46)(H,38,39,40)/t29-/m0/s1. The van der Waals surface area contributed by atoms with Gasteiger partial charge in [-0.2, -0.15) is 0 Å². The minimum absolute atomic E-state index is 0.0665. The SMILES string of the molecule is C=CC(=O)Nc1cc(Nc2cc(N3OCC[C@H]3c3c(F)cccc3F)ncn2)c(OC)cc1N1CCC(N2CCN(C3CC3)CC2)CC1. The number of anilines is 5. The van der Waals surface area contributed by atoms with Gasteiger partial charge in [0.15, 0.2) is 5.82 Å². The number of nitrogens with zero attached hydrogens (tertiary/aromatic N) is 6. The summed E-state index contributed by atoms with van der Waals surface area (Å²) in [6, 6.07) is 9.89. The summed E-state index contributed by atoms with van der Waals surface area (Å²) in [6.45, 7) is 10.2. The minimum atomic E-state index is -0.694. The van der Waals surface area contributed by atoms with Crippen LogP contribution in [0, 0.1) is 11.6 Å². The normalized spacial score (nSPS) is 20.9. The van der Waals surface area contributed by atoms with E-state index in [4.69, 9.17) is 9.57 Å². The zero-order valence-electron chi connectivity index (χ0n) is 27.2. The molecule has 1 amide bonds. The Labute approximate surface area is 279 Å². The minimum Gasteiger partial charge on any atom is -0.494 e. The number of ether oxygens (including phenoxy) is 1. The summed E-state index contributed by atoms with van der Waals surface area (Å²) in [6.07, 6.45) is 7.78. The van der Waals surface area contributed by atoms with Crippen molar-refractivity contribution in [1.29, 1.82) is 0 Å². The number of hydrogen-bond donors (Lipinski definition) is 2. The second-order valence-corrected chi connectivity index (χ2v) is 12.8. The van der Waals surface area contributed by atoms with Crippen LogP contribution in [0.5, 0.6) is 5.75 Å². The molecule has 4 fully saturated rings. The number of nitrogens with one attached hydrogen (secondary N) is 2. The maximum absolute atomic E-state index is 14.7. The molecule has 4 aliphatic rings. The first-order chi connectivity index (χ1) is 23.4. The molecule has 3 aliphatic heterocycles. The average Bonchev–Trinajstić information content (AvgIpc) is 3.85. The van der Waals surface area contributed by atoms with Crippen LogP contribution in [0.25, 0.3) is 0 Å². The summed E-state index contributed by atoms with van der Waals surface area (Å²) in [5.41, 5.74) is 1.98. The van der Waals surface area contributed by atoms with Crippen molar-refractivity contribution >= 4 is 34.6 Å². The largest absolute Gasteiger partial charge is 0.494 e. The predicted octanol–water partition coefficient (Wildman–Crippen LogP) is 5.26. The van der Waals surface area contributed by atoms with E-state index in [0.717, 1.165) is 63.8 Å². The van der Waals surface area contributed by atoms with Gasteiger partial charge in [0, 0.05) is 75.5 Å². The van der Waals surface area contributed by atoms with E-state index in [1.54, 1.807) is 13.2 Å². The van der Waals surface area contributed by atoms with Gasteiger partial charge in [-0.15, -0.1) is 0 Å². The summed E-state index contributed by atoms with van der Waals surface area (Å²) >= 11 is 0. The Kier molecular flexibility index (Phi) is 9.42. The average molecular weight is 661 g/mol. The number of piperazine rings is 1. The van der Waals surface area contributed by atoms with Crippen molar-refractivity contribution in [2.45, 2.75) is 50.2 Å². The number of aromatic nitrogens is 2. The summed E-state index contributed by atoms with van der Waals surface area (Å²) in [5.74, 6) is -0.305. The molecule has 7 rings (SSSR count). The number of carbonyl (C=O) groups excluding carboxylic acids is 1. The molecule has 1 saturated carbocycles. The highest BCUT2D eigenvalue weighted by atomic mass is 19.1. The lowest BCUT2D eigenvalue weighted by molar-refractivity contribution is -0.111. The van der Waals surface area contributed by atoms with E-state index in [1.165, 1.54) is 48.5 Å². The van der Waals surface area contributed by atoms with Gasteiger partial charge in [-0.05, 0) is 50.0 Å². The highest BCUT2D eigenvalue weighted by molar-refractivity contribution is 6.02. The highest BCUT2D eigenvalue weighted by Gasteiger charge is 2.35. The Bertz CT molecular complexity index is 1620. The van der Waals surface area contributed by atoms with E-state index in [1.807, 2.05) is 12.1 Å². The molecular formula is C35H42F2N8O3. The van der Waals surface area contributed by atoms with E-state index >= 15 is 0 Å². The van der Waals surface area contributed by atoms with Gasteiger partial charge in [-0.25, -0.2) is 23.8 Å². The lowest BCUT2D eigenvalue weighted by atomic mass is 10.0. The lowest BCUT2D eigenvalue weighted by Crippen LogP contribution is -2.53. The van der Waals surface area contributed by atoms with Gasteiger partial charge in [0.25, 0.3) is 0 Å². The van der Waals surface area contributed by atoms with E-state index in [0.29, 0.717) is 41.2 Å². The fourth-order valence-corrected chi connectivity index (χ4v) is 7.22. The van der Waals surface area contributed by atoms with E-state index < -0.39 is 17.7 Å². The topological polar surface area (TPSA) is 98.3 Å². The highest BCUT2D eigenvalue weighted by Crippen LogP contribution is 2.41. The third-order valence-electron chi connectivity index (χ3n) is 9.87. The van der Waals surface area contributed by atoms with E-state index in [9.17, 15) is 13.6 Å². The number of piperidine rings is 1. The van der Waals surface area contributed by atoms with Gasteiger partial charge in [0.1, 0.15) is 29.5 Å². The molecule has 11 nitrogen and oxygen atoms in total. The Morgan fingerprint density at radius 1 is 0.938 bits per heavy atom. The van der Waals surface area contributed by atoms with Crippen molar-refractivity contribution in [2.75, 3.05) is 73.6 Å². The van der Waals surface area contributed by atoms with Crippen LogP contribution in [0.1, 0.15) is 43.7 Å². The Morgan fingerprint density at radius 3 is 2.27 bits per heavy atom. The number of hydrogen-bond acceptors (Lipinski definition) is 10. The van der Waals surface area contributed by atoms with Crippen molar-refractivity contribution < 1.29 is 23.1 Å². The van der Waals surface area contributed by atoms with E-state index in [-0.39, 0.29) is 18.1 Å². The molecular weight excluding hydrogens is 618 g/mol. The third-order valence-corrected chi connectivity index (χ3v) is 9.87. The number of amides is 1. The molecule has 0 spiro atoms. The van der Waals surface area contributed by atoms with Gasteiger partial charge < -0.3 is 20.3 Å². The van der Waals surface area contributed by atoms with Crippen molar-refractivity contribution in [2.24, 2.45) is 0 Å². The molecule has 0 bridgehead atoms. The maximum Gasteiger partial charge on any atom is 0.247 e. The van der Waals surface area contributed by atoms with Crippen LogP contribution in [-0.4, -0.2) is 90.7 Å². The number of rotatable bonds is 10. The number of halogens is 2. The number of methoxy groups -OCH3 is 1. The monoisotopic (exact) mass is 660 g/mol. The molecule has 2 aromatic carbocycles. The van der Waals surface area contributed by atoms with Crippen LogP contribution in [0.15, 0.2) is 55.4 Å². The second-order valence-electron chi connectivity index (χ2n) is 12.8. The number of carbonyl (C=O) groups is 1. The summed E-state index contributed by atoms with van der Waals surface area (Å²) < 4.78 is 35.2. The first-order valence-electron chi connectivity index (χ1n) is 16.8. The summed E-state index contributed by atoms with van der Waals surface area (Å²) in [4.78, 5) is 34.6. The predicted molar refractivity (Wildman–Crippen MR) is 181 cm³/mol. The zero-order chi connectivity index (χ0) is 33.2. The Hall–Kier alpha value is -4.33. The van der Waals surface area contributed by atoms with Crippen LogP contribution >= 0.6 is 0 Å². The molecule has 3 aromatic rings. The zero-order valence-corrected chi connectivity index (χ0v) is 27.2. The first kappa shape index (κ1) is 32.2. The van der Waals surface area contributed by atoms with Gasteiger partial charge in [0.05, 0.1) is 36.8 Å². The van der Waals surface area contributed by atoms with E-state index in [2.05, 4.69) is 41.9 Å². The Balaban J connectivity index is 1.09. The lowest BCUT2D eigenvalue weighted by Gasteiger charge is -2.43. The molecule has 3 saturated heterocycles. The van der Waals surface area contributed by atoms with Crippen molar-refractivity contribution in [1.82, 2.24) is 19.8 Å². The molecule has 1 aliphatic carbocycles. The Morgan fingerprint density at radius 2 is 1.62 bits per heavy atom. The number of benzene rings is 2. The van der Waals surface area contributed by atoms with Crippen LogP contribution in [0.4, 0.5) is 37.5 Å².